The van der Waals surface area contributed by atoms with Gasteiger partial charge in [0.25, 0.3) is 5.91 Å². The van der Waals surface area contributed by atoms with Gasteiger partial charge in [-0.05, 0) is 50.1 Å². The summed E-state index contributed by atoms with van der Waals surface area (Å²) in [6.45, 7) is 3.95. The maximum atomic E-state index is 12.4. The lowest BCUT2D eigenvalue weighted by atomic mass is 10.1. The van der Waals surface area contributed by atoms with Crippen LogP contribution < -0.4 is 10.6 Å². The van der Waals surface area contributed by atoms with E-state index in [9.17, 15) is 4.79 Å². The SMILES string of the molecule is CC(NC(=O)c1ccn(C2CCCNC2)n1)c1cccc(Br)c1. The Balaban J connectivity index is 1.65. The van der Waals surface area contributed by atoms with Crippen molar-refractivity contribution in [1.29, 1.82) is 0 Å². The number of carbonyl (C=O) groups is 1. The van der Waals surface area contributed by atoms with Crippen molar-refractivity contribution in [2.45, 2.75) is 31.8 Å². The van der Waals surface area contributed by atoms with Gasteiger partial charge in [-0.25, -0.2) is 0 Å². The molecule has 2 heterocycles. The highest BCUT2D eigenvalue weighted by atomic mass is 79.9. The molecule has 1 aromatic carbocycles. The molecular formula is C17H21BrN4O. The summed E-state index contributed by atoms with van der Waals surface area (Å²) < 4.78 is 2.91. The monoisotopic (exact) mass is 376 g/mol. The Morgan fingerprint density at radius 1 is 1.48 bits per heavy atom. The van der Waals surface area contributed by atoms with Gasteiger partial charge in [0.1, 0.15) is 5.69 Å². The van der Waals surface area contributed by atoms with E-state index in [1.807, 2.05) is 42.1 Å². The molecule has 5 nitrogen and oxygen atoms in total. The minimum absolute atomic E-state index is 0.0681. The number of hydrogen-bond acceptors (Lipinski definition) is 3. The van der Waals surface area contributed by atoms with Crippen LogP contribution in [0.15, 0.2) is 41.0 Å². The number of hydrogen-bond donors (Lipinski definition) is 2. The Morgan fingerprint density at radius 3 is 3.09 bits per heavy atom. The third kappa shape index (κ3) is 4.00. The lowest BCUT2D eigenvalue weighted by Gasteiger charge is -2.22. The van der Waals surface area contributed by atoms with Crippen molar-refractivity contribution in [1.82, 2.24) is 20.4 Å². The molecule has 1 aromatic heterocycles. The summed E-state index contributed by atoms with van der Waals surface area (Å²) >= 11 is 3.45. The zero-order chi connectivity index (χ0) is 16.2. The van der Waals surface area contributed by atoms with Crippen LogP contribution in [0.3, 0.4) is 0 Å². The summed E-state index contributed by atoms with van der Waals surface area (Å²) in [5, 5.41) is 10.8. The second-order valence-corrected chi connectivity index (χ2v) is 6.85. The van der Waals surface area contributed by atoms with Gasteiger partial charge in [0.2, 0.25) is 0 Å². The summed E-state index contributed by atoms with van der Waals surface area (Å²) in [7, 11) is 0. The zero-order valence-corrected chi connectivity index (χ0v) is 14.7. The van der Waals surface area contributed by atoms with Gasteiger partial charge in [-0.2, -0.15) is 5.10 Å². The minimum Gasteiger partial charge on any atom is -0.344 e. The Hall–Kier alpha value is -1.66. The fourth-order valence-corrected chi connectivity index (χ4v) is 3.27. The fraction of sp³-hybridized carbons (Fsp3) is 0.412. The van der Waals surface area contributed by atoms with Crippen molar-refractivity contribution in [3.63, 3.8) is 0 Å². The predicted octanol–water partition coefficient (Wildman–Crippen LogP) is 3.06. The average molecular weight is 377 g/mol. The molecule has 1 aliphatic heterocycles. The van der Waals surface area contributed by atoms with E-state index in [-0.39, 0.29) is 11.9 Å². The summed E-state index contributed by atoms with van der Waals surface area (Å²) in [4.78, 5) is 12.4. The van der Waals surface area contributed by atoms with Crippen molar-refractivity contribution < 1.29 is 4.79 Å². The molecule has 2 N–H and O–H groups in total. The Bertz CT molecular complexity index is 679. The molecule has 0 saturated carbocycles. The summed E-state index contributed by atoms with van der Waals surface area (Å²) in [6, 6.07) is 10.0. The number of halogens is 1. The van der Waals surface area contributed by atoms with Gasteiger partial charge in [-0.3, -0.25) is 9.48 Å². The van der Waals surface area contributed by atoms with Gasteiger partial charge in [0, 0.05) is 17.2 Å². The van der Waals surface area contributed by atoms with E-state index in [1.54, 1.807) is 6.07 Å². The predicted molar refractivity (Wildman–Crippen MR) is 93.4 cm³/mol. The molecule has 0 spiro atoms. The van der Waals surface area contributed by atoms with Crippen LogP contribution >= 0.6 is 15.9 Å². The van der Waals surface area contributed by atoms with Gasteiger partial charge in [-0.15, -0.1) is 0 Å². The van der Waals surface area contributed by atoms with Gasteiger partial charge in [0.15, 0.2) is 0 Å². The number of rotatable bonds is 4. The number of nitrogens with zero attached hydrogens (tertiary/aromatic N) is 2. The molecule has 0 bridgehead atoms. The number of amides is 1. The van der Waals surface area contributed by atoms with E-state index in [2.05, 4.69) is 31.7 Å². The molecule has 3 rings (SSSR count). The molecule has 23 heavy (non-hydrogen) atoms. The molecule has 122 valence electrons. The molecule has 1 amide bonds. The largest absolute Gasteiger partial charge is 0.344 e. The molecule has 2 atom stereocenters. The Kier molecular flexibility index (Phi) is 5.13. The Labute approximate surface area is 144 Å². The smallest absolute Gasteiger partial charge is 0.272 e. The molecule has 1 fully saturated rings. The second kappa shape index (κ2) is 7.27. The van der Waals surface area contributed by atoms with E-state index in [4.69, 9.17) is 0 Å². The van der Waals surface area contributed by atoms with Crippen LogP contribution in [0.4, 0.5) is 0 Å². The molecule has 0 aliphatic carbocycles. The first-order chi connectivity index (χ1) is 11.1. The normalized spacial score (nSPS) is 19.3. The quantitative estimate of drug-likeness (QED) is 0.861. The van der Waals surface area contributed by atoms with Crippen molar-refractivity contribution in [3.05, 3.63) is 52.3 Å². The highest BCUT2D eigenvalue weighted by molar-refractivity contribution is 9.10. The van der Waals surface area contributed by atoms with Crippen molar-refractivity contribution in [3.8, 4) is 0 Å². The fourth-order valence-electron chi connectivity index (χ4n) is 2.85. The maximum absolute atomic E-state index is 12.4. The van der Waals surface area contributed by atoms with Gasteiger partial charge >= 0.3 is 0 Å². The topological polar surface area (TPSA) is 59.0 Å². The first-order valence-electron chi connectivity index (χ1n) is 7.95. The summed E-state index contributed by atoms with van der Waals surface area (Å²) in [6.07, 6.45) is 4.15. The van der Waals surface area contributed by atoms with Crippen LogP contribution in [-0.2, 0) is 0 Å². The van der Waals surface area contributed by atoms with Crippen LogP contribution in [0.5, 0.6) is 0 Å². The van der Waals surface area contributed by atoms with Crippen LogP contribution in [0.25, 0.3) is 0 Å². The van der Waals surface area contributed by atoms with Crippen molar-refractivity contribution >= 4 is 21.8 Å². The van der Waals surface area contributed by atoms with E-state index in [0.29, 0.717) is 11.7 Å². The standard InChI is InChI=1S/C17H21BrN4O/c1-12(13-4-2-5-14(18)10-13)20-17(23)16-7-9-22(21-16)15-6-3-8-19-11-15/h2,4-5,7,9-10,12,15,19H,3,6,8,11H2,1H3,(H,20,23). The average Bonchev–Trinajstić information content (AvgIpc) is 3.06. The first kappa shape index (κ1) is 16.2. The number of nitrogens with one attached hydrogen (secondary N) is 2. The molecular weight excluding hydrogens is 356 g/mol. The van der Waals surface area contributed by atoms with Crippen LogP contribution in [-0.4, -0.2) is 28.8 Å². The summed E-state index contributed by atoms with van der Waals surface area (Å²) in [5.74, 6) is -0.139. The number of aromatic nitrogens is 2. The molecule has 1 aliphatic rings. The number of carbonyl (C=O) groups excluding carboxylic acids is 1. The van der Waals surface area contributed by atoms with Crippen LogP contribution in [0.2, 0.25) is 0 Å². The van der Waals surface area contributed by atoms with Crippen molar-refractivity contribution in [2.24, 2.45) is 0 Å². The third-order valence-electron chi connectivity index (χ3n) is 4.18. The van der Waals surface area contributed by atoms with E-state index in [0.717, 1.165) is 36.0 Å². The number of piperidine rings is 1. The lowest BCUT2D eigenvalue weighted by molar-refractivity contribution is 0.0933. The molecule has 2 aromatic rings. The zero-order valence-electron chi connectivity index (χ0n) is 13.1. The van der Waals surface area contributed by atoms with Crippen LogP contribution in [0, 0.1) is 0 Å². The van der Waals surface area contributed by atoms with Gasteiger partial charge < -0.3 is 10.6 Å². The van der Waals surface area contributed by atoms with Crippen molar-refractivity contribution in [2.75, 3.05) is 13.1 Å². The van der Waals surface area contributed by atoms with Gasteiger partial charge in [-0.1, -0.05) is 28.1 Å². The highest BCUT2D eigenvalue weighted by Gasteiger charge is 2.18. The summed E-state index contributed by atoms with van der Waals surface area (Å²) in [5.41, 5.74) is 1.53. The van der Waals surface area contributed by atoms with E-state index in [1.165, 1.54) is 0 Å². The highest BCUT2D eigenvalue weighted by Crippen LogP contribution is 2.19. The second-order valence-electron chi connectivity index (χ2n) is 5.93. The molecule has 6 heteroatoms. The number of benzene rings is 1. The minimum atomic E-state index is -0.139. The third-order valence-corrected chi connectivity index (χ3v) is 4.68. The Morgan fingerprint density at radius 2 is 2.35 bits per heavy atom. The molecule has 1 saturated heterocycles. The van der Waals surface area contributed by atoms with Crippen LogP contribution in [0.1, 0.15) is 47.9 Å². The first-order valence-corrected chi connectivity index (χ1v) is 8.75. The molecule has 0 radical (unpaired) electrons. The molecule has 2 unspecified atom stereocenters. The maximum Gasteiger partial charge on any atom is 0.272 e. The lowest BCUT2D eigenvalue weighted by Crippen LogP contribution is -2.32. The van der Waals surface area contributed by atoms with E-state index < -0.39 is 0 Å². The van der Waals surface area contributed by atoms with E-state index >= 15 is 0 Å². The van der Waals surface area contributed by atoms with Gasteiger partial charge in [0.05, 0.1) is 12.1 Å².